The number of hydrogen-bond donors (Lipinski definition) is 14. The van der Waals surface area contributed by atoms with Crippen LogP contribution < -0.4 is 33.6 Å². The van der Waals surface area contributed by atoms with Crippen molar-refractivity contribution < 1.29 is 55.2 Å². The number of nitrogen functional groups attached to an aromatic ring is 4. The average molecular weight is 2070 g/mol. The van der Waals surface area contributed by atoms with Gasteiger partial charge in [0.1, 0.15) is 107 Å². The highest BCUT2D eigenvalue weighted by molar-refractivity contribution is 9.11. The van der Waals surface area contributed by atoms with Crippen LogP contribution >= 0.6 is 63.7 Å². The summed E-state index contributed by atoms with van der Waals surface area (Å²) >= 11 is 13.7. The highest BCUT2D eigenvalue weighted by atomic mass is 79.9. The molecule has 33 nitrogen and oxygen atoms in total. The van der Waals surface area contributed by atoms with Gasteiger partial charge >= 0.3 is 0 Å². The van der Waals surface area contributed by atoms with Gasteiger partial charge in [0.25, 0.3) is 0 Å². The third-order valence-electron chi connectivity index (χ3n) is 30.2. The van der Waals surface area contributed by atoms with Gasteiger partial charge in [-0.05, 0) is 263 Å². The number of hydrogen-bond acceptors (Lipinski definition) is 28. The number of benzene rings is 4. The van der Waals surface area contributed by atoms with Crippen LogP contribution in [0, 0.1) is 43.9 Å². The first-order chi connectivity index (χ1) is 64.3. The van der Waals surface area contributed by atoms with Crippen molar-refractivity contribution in [3.05, 3.63) is 234 Å². The molecule has 15 heterocycles. The van der Waals surface area contributed by atoms with Crippen molar-refractivity contribution in [1.82, 2.24) is 88.7 Å². The van der Waals surface area contributed by atoms with Crippen LogP contribution in [0.25, 0.3) is 87.7 Å². The summed E-state index contributed by atoms with van der Waals surface area (Å²) in [7, 11) is 0. The predicted octanol–water partition coefficient (Wildman–Crippen LogP) is 12.6. The molecule has 37 heteroatoms. The van der Waals surface area contributed by atoms with Crippen LogP contribution in [0.15, 0.2) is 189 Å². The smallest absolute Gasteiger partial charge is 0.229 e. The van der Waals surface area contributed by atoms with Crippen molar-refractivity contribution in [3.63, 3.8) is 0 Å². The third-order valence-corrected chi connectivity index (χ3v) is 32.7. The number of aryl methyl sites for hydroxylation is 4. The first-order valence-corrected chi connectivity index (χ1v) is 47.7. The lowest BCUT2D eigenvalue weighted by Gasteiger charge is -2.28. The molecule has 4 aromatic carbocycles. The maximum Gasteiger partial charge on any atom is 0.229 e. The van der Waals surface area contributed by atoms with Crippen LogP contribution in [0.3, 0.4) is 0 Å². The zero-order valence-corrected chi connectivity index (χ0v) is 79.3. The number of rotatable bonds is 8. The van der Waals surface area contributed by atoms with E-state index in [1.165, 1.54) is 24.5 Å². The lowest BCUT2D eigenvalue weighted by molar-refractivity contribution is -0.134. The number of ether oxygens (including phenoxy) is 1. The second kappa shape index (κ2) is 34.0. The van der Waals surface area contributed by atoms with Crippen molar-refractivity contribution in [1.29, 1.82) is 0 Å². The van der Waals surface area contributed by atoms with Gasteiger partial charge in [0.15, 0.2) is 12.0 Å². The van der Waals surface area contributed by atoms with Crippen molar-refractivity contribution in [3.8, 4) is 0 Å². The number of nitrogens with zero attached hydrogens (tertiary/aromatic N) is 16. The van der Waals surface area contributed by atoms with E-state index in [0.29, 0.717) is 88.2 Å². The molecule has 20 unspecified atom stereocenters. The fraction of sp³-hybridized carbons (Fsp3) is 0.361. The summed E-state index contributed by atoms with van der Waals surface area (Å²) in [4.78, 5) is 79.5. The minimum atomic E-state index is -1.20. The van der Waals surface area contributed by atoms with Crippen LogP contribution in [0.4, 0.5) is 23.3 Å². The van der Waals surface area contributed by atoms with Gasteiger partial charge < -0.3 is 97.4 Å². The molecule has 0 bridgehead atoms. The van der Waals surface area contributed by atoms with E-state index < -0.39 is 89.6 Å². The minimum absolute atomic E-state index is 0.131. The monoisotopic (exact) mass is 2060 g/mol. The second-order valence-electron chi connectivity index (χ2n) is 37.5. The molecule has 1 amide bonds. The van der Waals surface area contributed by atoms with E-state index in [4.69, 9.17) is 27.7 Å². The molecule has 0 radical (unpaired) electrons. The van der Waals surface area contributed by atoms with Gasteiger partial charge in [-0.1, -0.05) is 48.5 Å². The first kappa shape index (κ1) is 89.4. The van der Waals surface area contributed by atoms with Gasteiger partial charge in [-0.25, -0.2) is 59.8 Å². The number of aliphatic hydroxyl groups is 8. The largest absolute Gasteiger partial charge is 0.390 e. The number of ketones is 1. The lowest BCUT2D eigenvalue weighted by atomic mass is 9.79. The fourth-order valence-corrected chi connectivity index (χ4v) is 24.2. The number of amides is 1. The molecule has 18 N–H and O–H groups in total. The van der Waals surface area contributed by atoms with Crippen molar-refractivity contribution >= 4 is 186 Å². The molecule has 688 valence electrons. The van der Waals surface area contributed by atoms with E-state index in [2.05, 4.69) is 164 Å². The van der Waals surface area contributed by atoms with Crippen LogP contribution in [-0.4, -0.2) is 192 Å². The number of aliphatic hydroxyl groups excluding tert-OH is 8. The van der Waals surface area contributed by atoms with Crippen LogP contribution in [-0.2, 0) is 14.3 Å². The molecule has 3 aliphatic heterocycles. The number of carbonyl (C=O) groups excluding carboxylic acids is 2. The number of Topliss-reactive ketones (excluding diaryl/α,β-unsaturated/α-hetero) is 1. The van der Waals surface area contributed by atoms with Gasteiger partial charge in [-0.15, -0.1) is 0 Å². The Labute approximate surface area is 799 Å². The van der Waals surface area contributed by atoms with Crippen LogP contribution in [0.5, 0.6) is 0 Å². The number of carbonyl (C=O) groups is 2. The Hall–Kier alpha value is -11.1. The molecule has 5 saturated carbocycles. The van der Waals surface area contributed by atoms with Gasteiger partial charge in [0.05, 0.1) is 122 Å². The number of halogens is 4. The normalized spacial score (nSPS) is 29.3. The molecule has 5 aliphatic carbocycles. The number of fused-ring (bicyclic) bond motifs is 8. The van der Waals surface area contributed by atoms with E-state index in [0.717, 1.165) is 150 Å². The molecule has 16 aromatic rings. The van der Waals surface area contributed by atoms with Gasteiger partial charge in [-0.2, -0.15) is 0 Å². The molecule has 24 rings (SSSR count). The summed E-state index contributed by atoms with van der Waals surface area (Å²) < 4.78 is 17.0. The minimum Gasteiger partial charge on any atom is -0.390 e. The van der Waals surface area contributed by atoms with E-state index in [9.17, 15) is 50.4 Å². The summed E-state index contributed by atoms with van der Waals surface area (Å²) in [6.07, 6.45) is 11.1. The molecule has 8 fully saturated rings. The summed E-state index contributed by atoms with van der Waals surface area (Å²) in [5.74, 6) is 1.83. The molecule has 4 spiro atoms. The van der Waals surface area contributed by atoms with Crippen molar-refractivity contribution in [2.75, 3.05) is 29.5 Å². The van der Waals surface area contributed by atoms with E-state index >= 15 is 0 Å². The zero-order valence-electron chi connectivity index (χ0n) is 73.0. The van der Waals surface area contributed by atoms with Crippen molar-refractivity contribution in [2.45, 2.75) is 195 Å². The molecule has 8 aliphatic rings. The summed E-state index contributed by atoms with van der Waals surface area (Å²) in [5, 5.41) is 103. The summed E-state index contributed by atoms with van der Waals surface area (Å²) in [6, 6.07) is 37.4. The fourth-order valence-electron chi connectivity index (χ4n) is 22.9. The second-order valence-corrected chi connectivity index (χ2v) is 40.9. The number of nitrogens with two attached hydrogens (primary N) is 4. The lowest BCUT2D eigenvalue weighted by Crippen LogP contribution is -2.42. The molecule has 134 heavy (non-hydrogen) atoms. The Bertz CT molecular complexity index is 7140. The molecule has 3 saturated heterocycles. The van der Waals surface area contributed by atoms with Crippen LogP contribution in [0.1, 0.15) is 158 Å². The summed E-state index contributed by atoms with van der Waals surface area (Å²) in [6.45, 7) is 7.95. The summed E-state index contributed by atoms with van der Waals surface area (Å²) in [5.41, 5.74) is 34.0. The standard InChI is InChI=1S/C25H26BrN5O2.2C24H23BrN6O3.C24H24BrN5O3/c1-13-17-5-7-31(24(17)29-12-28-13)20-11-25(22(33)21(20)32)6-4-16(10-25)14-2-3-15-8-18(26)23(27)30-19(15)9-14;1-11-14-4-5-31(23(14)29-10-28-11)17-8-24(21(34)19(17)32)9-27-18(20(24)33)13-3-2-12-6-15(25)22(26)30-16(12)7-13;1-11-14-4-5-31(22(14)28-10-27-11)18-9-24(20(33)19(18)32)8-17(30-23(24)34)13-3-2-12-6-15(25)21(26)29-16(12)7-13;1-12-16-5-7-30(22(16)28-11-27-12)23-19(31)20(32)24(33-23)6-4-15(10-24)13-2-3-14-8-17(25)21(26)29-18(14)9-13/h2-3,5,7-9,12,16,20-22,32-33H,4,6,10-11H2,1H3,(H2,27,30);2-7,10,17-19,21,27,32,34H,8-9H2,1H3,(H2,26,30);2-7,10,17-20,32-33H,8-9H2,1H3,(H2,26,29)(H,30,34);2-3,5,7-9,11,15,19-20,23,31-32H,4,6,10H2,1H3,(H2,26,29). The molecule has 20 atom stereocenters. The Morgan fingerprint density at radius 1 is 0.396 bits per heavy atom. The quantitative estimate of drug-likeness (QED) is 0.0672. The Morgan fingerprint density at radius 2 is 0.769 bits per heavy atom. The molecule has 12 aromatic heterocycles. The highest BCUT2D eigenvalue weighted by Gasteiger charge is 2.64. The zero-order chi connectivity index (χ0) is 93.4. The van der Waals surface area contributed by atoms with Crippen LogP contribution in [0.2, 0.25) is 0 Å². The van der Waals surface area contributed by atoms with E-state index in [1.54, 1.807) is 10.9 Å². The number of aromatic nitrogens is 16. The Balaban J connectivity index is 0.000000107. The maximum atomic E-state index is 13.8. The topological polar surface area (TPSA) is 508 Å². The highest BCUT2D eigenvalue weighted by Crippen LogP contribution is 2.61. The van der Waals surface area contributed by atoms with Gasteiger partial charge in [0, 0.05) is 79.8 Å². The Kier molecular flexibility index (Phi) is 22.7. The number of pyridine rings is 4. The Morgan fingerprint density at radius 3 is 1.23 bits per heavy atom. The third kappa shape index (κ3) is 14.9. The predicted molar refractivity (Wildman–Crippen MR) is 518 cm³/mol. The SMILES string of the molecule is Cc1ncnc2c1ccn2C1CC2(CC(c3ccc4cc(Br)c(N)nc4c3)NC2=O)C(O)C1O.Cc1ncnc2c1ccn2C1CC2(CCC(c3ccc4cc(Br)c(N)nc4c3)C2)C(O)C1O.Cc1ncnc2c1ccn2C1CC2(CNC(c3ccc4cc(Br)c(N)nc4c3)C2=O)C(O)C1O.Cc1ncnc2c1ccn2C1OC2(CCC(c3ccc4cc(Br)c(N)nc4c3)C2)C(O)C1O. The molecular formula is C97H96Br4N22O11. The van der Waals surface area contributed by atoms with Gasteiger partial charge in [-0.3, -0.25) is 9.59 Å². The first-order valence-electron chi connectivity index (χ1n) is 44.6. The number of anilines is 4. The number of nitrogens with one attached hydrogen (secondary N) is 2. The molecular weight excluding hydrogens is 1970 g/mol. The van der Waals surface area contributed by atoms with E-state index in [1.807, 2.05) is 157 Å². The maximum absolute atomic E-state index is 13.8. The van der Waals surface area contributed by atoms with Crippen molar-refractivity contribution in [2.24, 2.45) is 16.2 Å². The average Bonchev–Trinajstić information content (AvgIpc) is 1.57. The van der Waals surface area contributed by atoms with E-state index in [-0.39, 0.29) is 41.7 Å². The van der Waals surface area contributed by atoms with Gasteiger partial charge in [0.2, 0.25) is 5.91 Å².